The second-order valence-corrected chi connectivity index (χ2v) is 8.81. The Bertz CT molecular complexity index is 1070. The van der Waals surface area contributed by atoms with Crippen LogP contribution in [0.2, 0.25) is 0 Å². The summed E-state index contributed by atoms with van der Waals surface area (Å²) < 4.78 is 56.7. The monoisotopic (exact) mass is 419 g/mol. The van der Waals surface area contributed by atoms with E-state index in [9.17, 15) is 12.8 Å². The topological polar surface area (TPSA) is 73.9 Å². The summed E-state index contributed by atoms with van der Waals surface area (Å²) >= 11 is 0. The second kappa shape index (κ2) is 8.31. The quantitative estimate of drug-likeness (QED) is 0.729. The van der Waals surface area contributed by atoms with E-state index in [1.165, 1.54) is 19.2 Å². The molecule has 0 aromatic heterocycles. The molecule has 6 nitrogen and oxygen atoms in total. The van der Waals surface area contributed by atoms with E-state index in [4.69, 9.17) is 14.2 Å². The van der Waals surface area contributed by atoms with E-state index < -0.39 is 15.8 Å². The molecule has 0 saturated heterocycles. The lowest BCUT2D eigenvalue weighted by Gasteiger charge is -2.17. The van der Waals surface area contributed by atoms with E-state index >= 15 is 0 Å². The van der Waals surface area contributed by atoms with Crippen molar-refractivity contribution in [2.24, 2.45) is 0 Å². The van der Waals surface area contributed by atoms with Gasteiger partial charge in [-0.2, -0.15) is 4.72 Å². The van der Waals surface area contributed by atoms with Gasteiger partial charge >= 0.3 is 0 Å². The van der Waals surface area contributed by atoms with Crippen LogP contribution in [0.5, 0.6) is 17.2 Å². The number of ether oxygens (including phenoxy) is 3. The maximum absolute atomic E-state index is 13.7. The van der Waals surface area contributed by atoms with Gasteiger partial charge in [-0.3, -0.25) is 0 Å². The number of hydrogen-bond acceptors (Lipinski definition) is 5. The molecule has 0 bridgehead atoms. The Morgan fingerprint density at radius 3 is 2.72 bits per heavy atom. The average Bonchev–Trinajstić information content (AvgIpc) is 2.99. The molecule has 3 rings (SSSR count). The zero-order chi connectivity index (χ0) is 21.1. The van der Waals surface area contributed by atoms with Crippen LogP contribution in [0.25, 0.3) is 0 Å². The van der Waals surface area contributed by atoms with Gasteiger partial charge in [0.15, 0.2) is 23.1 Å². The second-order valence-electron chi connectivity index (χ2n) is 7.05. The molecule has 2 aromatic carbocycles. The molecule has 1 aliphatic rings. The van der Waals surface area contributed by atoms with Crippen molar-refractivity contribution >= 4 is 10.0 Å². The number of sulfonamides is 1. The molecule has 0 fully saturated rings. The third kappa shape index (κ3) is 5.00. The van der Waals surface area contributed by atoms with Crippen molar-refractivity contribution in [3.05, 3.63) is 47.8 Å². The van der Waals surface area contributed by atoms with Gasteiger partial charge in [0, 0.05) is 12.0 Å². The van der Waals surface area contributed by atoms with Crippen LogP contribution in [-0.4, -0.2) is 34.3 Å². The van der Waals surface area contributed by atoms with Gasteiger partial charge in [-0.25, -0.2) is 12.8 Å². The molecule has 0 atom stereocenters. The number of halogens is 1. The number of methoxy groups -OCH3 is 1. The van der Waals surface area contributed by atoms with Crippen molar-refractivity contribution in [3.8, 4) is 29.1 Å². The summed E-state index contributed by atoms with van der Waals surface area (Å²) in [5, 5.41) is 0. The Labute approximate surface area is 170 Å². The number of fused-ring (bicyclic) bond motifs is 1. The predicted molar refractivity (Wildman–Crippen MR) is 106 cm³/mol. The molecule has 2 aromatic rings. The average molecular weight is 419 g/mol. The fourth-order valence-corrected chi connectivity index (χ4v) is 3.89. The van der Waals surface area contributed by atoms with Crippen LogP contribution in [0.1, 0.15) is 19.4 Å². The fraction of sp³-hybridized carbons (Fsp3) is 0.333. The van der Waals surface area contributed by atoms with Crippen LogP contribution >= 0.6 is 0 Å². The first kappa shape index (κ1) is 21.0. The van der Waals surface area contributed by atoms with Gasteiger partial charge in [0.25, 0.3) is 0 Å². The third-order valence-electron chi connectivity index (χ3n) is 4.26. The molecule has 0 unspecified atom stereocenters. The standard InChI is InChI=1S/C21H22FNO5S/c1-21(2)14-15-7-6-8-19(20(15)28-21)27-12-5-4-11-23-29(24,25)16-9-10-18(26-3)17(22)13-16/h6-10,13,23H,11-12,14H2,1-3H3. The normalized spacial score (nSPS) is 14.3. The maximum atomic E-state index is 13.7. The number of rotatable bonds is 6. The molecule has 0 aliphatic carbocycles. The van der Waals surface area contributed by atoms with E-state index in [2.05, 4.69) is 16.6 Å². The summed E-state index contributed by atoms with van der Waals surface area (Å²) in [6, 6.07) is 9.12. The van der Waals surface area contributed by atoms with Gasteiger partial charge in [0.2, 0.25) is 10.0 Å². The van der Waals surface area contributed by atoms with E-state index in [1.54, 1.807) is 0 Å². The molecular formula is C21H22FNO5S. The van der Waals surface area contributed by atoms with Crippen LogP contribution in [0.4, 0.5) is 4.39 Å². The first-order valence-electron chi connectivity index (χ1n) is 8.94. The van der Waals surface area contributed by atoms with E-state index in [-0.39, 0.29) is 29.4 Å². The van der Waals surface area contributed by atoms with Gasteiger partial charge in [0.1, 0.15) is 12.2 Å². The summed E-state index contributed by atoms with van der Waals surface area (Å²) in [5.41, 5.74) is 0.812. The smallest absolute Gasteiger partial charge is 0.241 e. The highest BCUT2D eigenvalue weighted by Crippen LogP contribution is 2.41. The zero-order valence-corrected chi connectivity index (χ0v) is 17.2. The Hall–Kier alpha value is -2.76. The lowest BCUT2D eigenvalue weighted by molar-refractivity contribution is 0.133. The molecule has 29 heavy (non-hydrogen) atoms. The summed E-state index contributed by atoms with van der Waals surface area (Å²) in [4.78, 5) is -0.200. The number of para-hydroxylation sites is 1. The molecule has 154 valence electrons. The highest BCUT2D eigenvalue weighted by molar-refractivity contribution is 7.89. The minimum atomic E-state index is -3.88. The molecule has 0 saturated carbocycles. The minimum Gasteiger partial charge on any atom is -0.494 e. The molecule has 8 heteroatoms. The Morgan fingerprint density at radius 2 is 2.00 bits per heavy atom. The van der Waals surface area contributed by atoms with E-state index in [1.807, 2.05) is 32.0 Å². The molecule has 1 heterocycles. The van der Waals surface area contributed by atoms with Crippen molar-refractivity contribution in [1.82, 2.24) is 4.72 Å². The summed E-state index contributed by atoms with van der Waals surface area (Å²) in [5.74, 6) is 5.98. The molecule has 0 spiro atoms. The van der Waals surface area contributed by atoms with Gasteiger partial charge < -0.3 is 14.2 Å². The number of hydrogen-bond donors (Lipinski definition) is 1. The van der Waals surface area contributed by atoms with E-state index in [0.29, 0.717) is 5.75 Å². The first-order valence-corrected chi connectivity index (χ1v) is 10.4. The van der Waals surface area contributed by atoms with Crippen molar-refractivity contribution in [1.29, 1.82) is 0 Å². The Balaban J connectivity index is 1.54. The van der Waals surface area contributed by atoms with Gasteiger partial charge in [-0.05, 0) is 38.1 Å². The number of nitrogens with one attached hydrogen (secondary N) is 1. The summed E-state index contributed by atoms with van der Waals surface area (Å²) in [6.07, 6.45) is 0.805. The summed E-state index contributed by atoms with van der Waals surface area (Å²) in [7, 11) is -2.57. The van der Waals surface area contributed by atoms with Crippen LogP contribution in [-0.2, 0) is 16.4 Å². The van der Waals surface area contributed by atoms with Gasteiger partial charge in [-0.15, -0.1) is 0 Å². The lowest BCUT2D eigenvalue weighted by Crippen LogP contribution is -2.24. The summed E-state index contributed by atoms with van der Waals surface area (Å²) in [6.45, 7) is 3.98. The van der Waals surface area contributed by atoms with Crippen molar-refractivity contribution in [3.63, 3.8) is 0 Å². The molecular weight excluding hydrogens is 397 g/mol. The molecule has 0 radical (unpaired) electrons. The van der Waals surface area contributed by atoms with Crippen LogP contribution in [0.15, 0.2) is 41.3 Å². The highest BCUT2D eigenvalue weighted by atomic mass is 32.2. The molecule has 1 N–H and O–H groups in total. The Morgan fingerprint density at radius 1 is 1.21 bits per heavy atom. The minimum absolute atomic E-state index is 0.0272. The van der Waals surface area contributed by atoms with Gasteiger partial charge in [0.05, 0.1) is 18.6 Å². The first-order chi connectivity index (χ1) is 13.7. The highest BCUT2D eigenvalue weighted by Gasteiger charge is 2.32. The fourth-order valence-electron chi connectivity index (χ4n) is 2.96. The largest absolute Gasteiger partial charge is 0.494 e. The molecule has 1 aliphatic heterocycles. The SMILES string of the molecule is COc1ccc(S(=O)(=O)NCC#CCOc2cccc3c2OC(C)(C)C3)cc1F. The van der Waals surface area contributed by atoms with Crippen LogP contribution in [0.3, 0.4) is 0 Å². The number of benzene rings is 2. The predicted octanol–water partition coefficient (Wildman–Crippen LogP) is 2.91. The van der Waals surface area contributed by atoms with Crippen LogP contribution < -0.4 is 18.9 Å². The van der Waals surface area contributed by atoms with E-state index in [0.717, 1.165) is 23.8 Å². The molecule has 0 amide bonds. The Kier molecular flexibility index (Phi) is 6.01. The van der Waals surface area contributed by atoms with Crippen molar-refractivity contribution in [2.45, 2.75) is 30.8 Å². The maximum Gasteiger partial charge on any atom is 0.241 e. The lowest BCUT2D eigenvalue weighted by atomic mass is 10.0. The third-order valence-corrected chi connectivity index (χ3v) is 5.66. The zero-order valence-electron chi connectivity index (χ0n) is 16.4. The van der Waals surface area contributed by atoms with Crippen molar-refractivity contribution < 1.29 is 27.0 Å². The van der Waals surface area contributed by atoms with Crippen LogP contribution in [0, 0.1) is 17.7 Å². The van der Waals surface area contributed by atoms with Gasteiger partial charge in [-0.1, -0.05) is 24.0 Å². The van der Waals surface area contributed by atoms with Crippen molar-refractivity contribution in [2.75, 3.05) is 20.3 Å².